The average molecular weight is 421 g/mol. The first-order valence-corrected chi connectivity index (χ1v) is 11.1. The number of anilines is 2. The number of amides is 1. The van der Waals surface area contributed by atoms with Gasteiger partial charge in [-0.3, -0.25) is 9.78 Å². The van der Waals surface area contributed by atoms with Gasteiger partial charge < -0.3 is 19.9 Å². The molecule has 2 aromatic rings. The molecule has 1 amide bonds. The van der Waals surface area contributed by atoms with Gasteiger partial charge in [0.05, 0.1) is 18.1 Å². The Hall–Kier alpha value is -2.79. The maximum absolute atomic E-state index is 12.4. The maximum Gasteiger partial charge on any atom is 0.324 e. The average Bonchev–Trinajstić information content (AvgIpc) is 3.08. The van der Waals surface area contributed by atoms with Gasteiger partial charge in [-0.05, 0) is 30.2 Å². The second kappa shape index (κ2) is 7.91. The topological polar surface area (TPSA) is 128 Å². The highest BCUT2D eigenvalue weighted by atomic mass is 32.2. The molecule has 0 aliphatic carbocycles. The molecule has 2 aliphatic heterocycles. The molecule has 0 spiro atoms. The SMILES string of the molecule is O=CN1CCN(S(=O)(=O)CCCOc2ccc3c(c2)Cc2[nH]c(=O)[nH]c2N3)CC1. The summed E-state index contributed by atoms with van der Waals surface area (Å²) in [6.07, 6.45) is 1.70. The van der Waals surface area contributed by atoms with Crippen LogP contribution in [-0.2, 0) is 21.2 Å². The first-order valence-electron chi connectivity index (χ1n) is 9.46. The van der Waals surface area contributed by atoms with E-state index in [4.69, 9.17) is 4.74 Å². The molecule has 0 saturated carbocycles. The maximum atomic E-state index is 12.4. The minimum atomic E-state index is -3.35. The Morgan fingerprint density at radius 1 is 1.14 bits per heavy atom. The summed E-state index contributed by atoms with van der Waals surface area (Å²) in [7, 11) is -3.35. The molecule has 3 heterocycles. The van der Waals surface area contributed by atoms with Gasteiger partial charge in [-0.1, -0.05) is 0 Å². The van der Waals surface area contributed by atoms with Crippen molar-refractivity contribution in [2.24, 2.45) is 0 Å². The van der Waals surface area contributed by atoms with E-state index in [0.717, 1.165) is 23.4 Å². The lowest BCUT2D eigenvalue weighted by Crippen LogP contribution is -2.48. The quantitative estimate of drug-likeness (QED) is 0.370. The number of rotatable bonds is 7. The third-order valence-corrected chi connectivity index (χ3v) is 7.10. The first kappa shape index (κ1) is 19.5. The number of nitrogens with zero attached hydrogens (tertiary/aromatic N) is 2. The summed E-state index contributed by atoms with van der Waals surface area (Å²) in [6.45, 7) is 1.81. The van der Waals surface area contributed by atoms with Crippen LogP contribution in [0.4, 0.5) is 11.5 Å². The number of hydrogen-bond donors (Lipinski definition) is 3. The molecular weight excluding hydrogens is 398 g/mol. The number of imidazole rings is 1. The highest BCUT2D eigenvalue weighted by Crippen LogP contribution is 2.32. The van der Waals surface area contributed by atoms with Gasteiger partial charge in [-0.15, -0.1) is 0 Å². The van der Waals surface area contributed by atoms with Crippen molar-refractivity contribution in [3.05, 3.63) is 39.9 Å². The van der Waals surface area contributed by atoms with E-state index in [1.165, 1.54) is 4.31 Å². The van der Waals surface area contributed by atoms with Crippen LogP contribution in [0.1, 0.15) is 17.7 Å². The third kappa shape index (κ3) is 4.30. The van der Waals surface area contributed by atoms with E-state index < -0.39 is 10.0 Å². The van der Waals surface area contributed by atoms with Crippen LogP contribution in [0.15, 0.2) is 23.0 Å². The molecule has 10 nitrogen and oxygen atoms in total. The zero-order valence-corrected chi connectivity index (χ0v) is 16.6. The Labute approximate surface area is 167 Å². The van der Waals surface area contributed by atoms with E-state index in [9.17, 15) is 18.0 Å². The lowest BCUT2D eigenvalue weighted by atomic mass is 10.0. The van der Waals surface area contributed by atoms with Gasteiger partial charge in [-0.2, -0.15) is 4.31 Å². The Morgan fingerprint density at radius 3 is 2.69 bits per heavy atom. The van der Waals surface area contributed by atoms with Crippen molar-refractivity contribution in [2.45, 2.75) is 12.8 Å². The van der Waals surface area contributed by atoms with Gasteiger partial charge in [-0.25, -0.2) is 13.2 Å². The number of aromatic nitrogens is 2. The van der Waals surface area contributed by atoms with Crippen molar-refractivity contribution >= 4 is 27.9 Å². The summed E-state index contributed by atoms with van der Waals surface area (Å²) in [5.74, 6) is 1.34. The van der Waals surface area contributed by atoms with Crippen molar-refractivity contribution in [1.29, 1.82) is 0 Å². The Balaban J connectivity index is 1.28. The number of ether oxygens (including phenoxy) is 1. The van der Waals surface area contributed by atoms with E-state index >= 15 is 0 Å². The Kier molecular flexibility index (Phi) is 5.33. The van der Waals surface area contributed by atoms with Crippen LogP contribution in [0, 0.1) is 0 Å². The van der Waals surface area contributed by atoms with Crippen molar-refractivity contribution in [3.8, 4) is 5.75 Å². The molecule has 11 heteroatoms. The standard InChI is InChI=1S/C18H23N5O5S/c24-12-22-4-6-23(7-5-22)29(26,27)9-1-8-28-14-2-3-15-13(10-14)11-16-17(19-15)21-18(25)20-16/h2-3,10,12,19H,1,4-9,11H2,(H2,20,21,25). The van der Waals surface area contributed by atoms with Gasteiger partial charge in [0.2, 0.25) is 16.4 Å². The molecule has 0 atom stereocenters. The van der Waals surface area contributed by atoms with Crippen LogP contribution in [0.5, 0.6) is 5.75 Å². The van der Waals surface area contributed by atoms with Gasteiger partial charge >= 0.3 is 5.69 Å². The van der Waals surface area contributed by atoms with Gasteiger partial charge in [0.1, 0.15) is 11.6 Å². The summed E-state index contributed by atoms with van der Waals surface area (Å²) < 4.78 is 32.0. The summed E-state index contributed by atoms with van der Waals surface area (Å²) in [5, 5.41) is 3.17. The predicted octanol–water partition coefficient (Wildman–Crippen LogP) is 0.224. The fraction of sp³-hybridized carbons (Fsp3) is 0.444. The van der Waals surface area contributed by atoms with Crippen LogP contribution < -0.4 is 15.7 Å². The van der Waals surface area contributed by atoms with E-state index in [2.05, 4.69) is 15.3 Å². The number of carbonyl (C=O) groups excluding carboxylic acids is 1. The number of sulfonamides is 1. The van der Waals surface area contributed by atoms with Gasteiger partial charge in [0.25, 0.3) is 0 Å². The number of piperazine rings is 1. The molecule has 3 N–H and O–H groups in total. The highest BCUT2D eigenvalue weighted by molar-refractivity contribution is 7.89. The lowest BCUT2D eigenvalue weighted by molar-refractivity contribution is -0.119. The molecular formula is C18H23N5O5S. The molecule has 0 bridgehead atoms. The number of carbonyl (C=O) groups is 1. The highest BCUT2D eigenvalue weighted by Gasteiger charge is 2.26. The zero-order chi connectivity index (χ0) is 20.4. The fourth-order valence-electron chi connectivity index (χ4n) is 3.56. The molecule has 2 aliphatic rings. The number of H-pyrrole nitrogens is 2. The smallest absolute Gasteiger partial charge is 0.324 e. The van der Waals surface area contributed by atoms with Gasteiger partial charge in [0.15, 0.2) is 0 Å². The molecule has 1 saturated heterocycles. The second-order valence-corrected chi connectivity index (χ2v) is 9.20. The van der Waals surface area contributed by atoms with Crippen molar-refractivity contribution < 1.29 is 17.9 Å². The zero-order valence-electron chi connectivity index (χ0n) is 15.8. The number of benzene rings is 1. The van der Waals surface area contributed by atoms with E-state index in [1.807, 2.05) is 18.2 Å². The summed E-state index contributed by atoms with van der Waals surface area (Å²) in [5.41, 5.74) is 2.43. The molecule has 0 unspecified atom stereocenters. The van der Waals surface area contributed by atoms with Crippen LogP contribution in [0.2, 0.25) is 0 Å². The monoisotopic (exact) mass is 421 g/mol. The molecule has 29 heavy (non-hydrogen) atoms. The minimum Gasteiger partial charge on any atom is -0.494 e. The van der Waals surface area contributed by atoms with Gasteiger partial charge in [0, 0.05) is 38.3 Å². The van der Waals surface area contributed by atoms with Crippen LogP contribution in [0.3, 0.4) is 0 Å². The van der Waals surface area contributed by atoms with Crippen LogP contribution in [-0.4, -0.2) is 72.5 Å². The van der Waals surface area contributed by atoms with Crippen molar-refractivity contribution in [2.75, 3.05) is 43.9 Å². The lowest BCUT2D eigenvalue weighted by Gasteiger charge is -2.31. The fourth-order valence-corrected chi connectivity index (χ4v) is 5.02. The van der Waals surface area contributed by atoms with E-state index in [0.29, 0.717) is 50.6 Å². The number of aromatic amines is 2. The number of nitrogens with one attached hydrogen (secondary N) is 3. The van der Waals surface area contributed by atoms with Crippen LogP contribution >= 0.6 is 0 Å². The summed E-state index contributed by atoms with van der Waals surface area (Å²) in [6, 6.07) is 5.58. The van der Waals surface area contributed by atoms with Crippen LogP contribution in [0.25, 0.3) is 0 Å². The Bertz CT molecular complexity index is 1050. The molecule has 0 radical (unpaired) electrons. The van der Waals surface area contributed by atoms with E-state index in [-0.39, 0.29) is 18.0 Å². The molecule has 1 aromatic carbocycles. The normalized spacial score (nSPS) is 16.6. The summed E-state index contributed by atoms with van der Waals surface area (Å²) in [4.78, 5) is 29.2. The molecule has 156 valence electrons. The number of fused-ring (bicyclic) bond motifs is 2. The number of hydrogen-bond acceptors (Lipinski definition) is 6. The first-order chi connectivity index (χ1) is 13.9. The second-order valence-electron chi connectivity index (χ2n) is 7.11. The largest absolute Gasteiger partial charge is 0.494 e. The van der Waals surface area contributed by atoms with E-state index in [1.54, 1.807) is 4.90 Å². The van der Waals surface area contributed by atoms with Crippen molar-refractivity contribution in [1.82, 2.24) is 19.2 Å². The minimum absolute atomic E-state index is 0.00846. The third-order valence-electron chi connectivity index (χ3n) is 5.14. The molecule has 1 aromatic heterocycles. The summed E-state index contributed by atoms with van der Waals surface area (Å²) >= 11 is 0. The van der Waals surface area contributed by atoms with Crippen molar-refractivity contribution in [3.63, 3.8) is 0 Å². The molecule has 1 fully saturated rings. The predicted molar refractivity (Wildman–Crippen MR) is 107 cm³/mol. The molecule has 4 rings (SSSR count). The Morgan fingerprint density at radius 2 is 1.93 bits per heavy atom.